The molecule has 0 saturated carbocycles. The first-order chi connectivity index (χ1) is 13.1. The maximum Gasteiger partial charge on any atom is 0.278 e. The molecule has 1 amide bonds. The van der Waals surface area contributed by atoms with Crippen LogP contribution in [0.4, 0.5) is 0 Å². The maximum absolute atomic E-state index is 11.9. The zero-order valence-corrected chi connectivity index (χ0v) is 15.4. The molecule has 0 aliphatic heterocycles. The highest BCUT2D eigenvalue weighted by molar-refractivity contribution is 5.83. The van der Waals surface area contributed by atoms with Crippen LogP contribution < -0.4 is 14.9 Å². The van der Waals surface area contributed by atoms with Crippen molar-refractivity contribution in [3.05, 3.63) is 52.7 Å². The smallest absolute Gasteiger partial charge is 0.278 e. The molecule has 0 aliphatic carbocycles. The molecule has 0 atom stereocenters. The van der Waals surface area contributed by atoms with Crippen molar-refractivity contribution in [2.24, 2.45) is 5.10 Å². The number of methoxy groups -OCH3 is 2. The van der Waals surface area contributed by atoms with Crippen LogP contribution in [0.15, 0.2) is 35.4 Å². The molecule has 0 fully saturated rings. The fourth-order valence-corrected chi connectivity index (χ4v) is 2.27. The van der Waals surface area contributed by atoms with Crippen molar-refractivity contribution in [2.45, 2.75) is 13.5 Å². The van der Waals surface area contributed by atoms with Crippen LogP contribution in [0.2, 0.25) is 0 Å². The van der Waals surface area contributed by atoms with Crippen molar-refractivity contribution in [1.29, 1.82) is 5.26 Å². The minimum Gasteiger partial charge on any atom is -0.497 e. The van der Waals surface area contributed by atoms with E-state index in [-0.39, 0.29) is 24.7 Å². The average molecular weight is 368 g/mol. The number of amides is 1. The quantitative estimate of drug-likeness (QED) is 0.564. The molecule has 0 unspecified atom stereocenters. The van der Waals surface area contributed by atoms with Crippen LogP contribution in [-0.2, 0) is 16.1 Å². The topological polar surface area (TPSA) is 106 Å². The number of rotatable bonds is 8. The number of ether oxygens (including phenoxy) is 3. The second kappa shape index (κ2) is 9.89. The number of carbonyl (C=O) groups is 1. The number of aryl methyl sites for hydroxylation is 1. The molecule has 27 heavy (non-hydrogen) atoms. The summed E-state index contributed by atoms with van der Waals surface area (Å²) in [6, 6.07) is 11.0. The van der Waals surface area contributed by atoms with Crippen molar-refractivity contribution < 1.29 is 19.0 Å². The largest absolute Gasteiger partial charge is 0.497 e. The van der Waals surface area contributed by atoms with E-state index in [2.05, 4.69) is 15.5 Å². The van der Waals surface area contributed by atoms with Gasteiger partial charge < -0.3 is 14.2 Å². The van der Waals surface area contributed by atoms with Crippen LogP contribution in [0.3, 0.4) is 0 Å². The zero-order chi connectivity index (χ0) is 19.6. The SMILES string of the molecule is COCc1cc(C)nc(OCC(=O)N/N=C\c2cccc(OC)c2)c1C#N. The van der Waals surface area contributed by atoms with E-state index in [0.29, 0.717) is 17.0 Å². The van der Waals surface area contributed by atoms with E-state index in [1.165, 1.54) is 13.3 Å². The van der Waals surface area contributed by atoms with Crippen molar-refractivity contribution in [3.8, 4) is 17.7 Å². The lowest BCUT2D eigenvalue weighted by Crippen LogP contribution is -2.25. The van der Waals surface area contributed by atoms with E-state index in [1.807, 2.05) is 24.3 Å². The summed E-state index contributed by atoms with van der Waals surface area (Å²) in [5.41, 5.74) is 4.69. The van der Waals surface area contributed by atoms with Gasteiger partial charge in [0.25, 0.3) is 5.91 Å². The fourth-order valence-electron chi connectivity index (χ4n) is 2.27. The van der Waals surface area contributed by atoms with E-state index in [0.717, 1.165) is 5.56 Å². The highest BCUT2D eigenvalue weighted by Crippen LogP contribution is 2.21. The van der Waals surface area contributed by atoms with Crippen molar-refractivity contribution >= 4 is 12.1 Å². The number of nitrogens with one attached hydrogen (secondary N) is 1. The predicted octanol–water partition coefficient (Wildman–Crippen LogP) is 1.95. The first kappa shape index (κ1) is 19.9. The van der Waals surface area contributed by atoms with Crippen LogP contribution in [-0.4, -0.2) is 37.9 Å². The van der Waals surface area contributed by atoms with E-state index < -0.39 is 5.91 Å². The van der Waals surface area contributed by atoms with Gasteiger partial charge in [-0.3, -0.25) is 4.79 Å². The summed E-state index contributed by atoms with van der Waals surface area (Å²) in [5.74, 6) is 0.307. The molecule has 8 heteroatoms. The minimum atomic E-state index is -0.477. The average Bonchev–Trinajstić information content (AvgIpc) is 2.66. The Morgan fingerprint density at radius 1 is 1.37 bits per heavy atom. The Hall–Kier alpha value is -3.44. The minimum absolute atomic E-state index is 0.0940. The third-order valence-corrected chi connectivity index (χ3v) is 3.44. The van der Waals surface area contributed by atoms with E-state index in [1.54, 1.807) is 26.2 Å². The van der Waals surface area contributed by atoms with Gasteiger partial charge in [-0.25, -0.2) is 10.4 Å². The third kappa shape index (κ3) is 5.80. The van der Waals surface area contributed by atoms with E-state index in [4.69, 9.17) is 14.2 Å². The first-order valence-electron chi connectivity index (χ1n) is 8.05. The van der Waals surface area contributed by atoms with Crippen LogP contribution in [0.1, 0.15) is 22.4 Å². The molecule has 0 saturated heterocycles. The number of hydrazone groups is 1. The van der Waals surface area contributed by atoms with Crippen molar-refractivity contribution in [3.63, 3.8) is 0 Å². The Kier molecular flexibility index (Phi) is 7.28. The molecule has 2 rings (SSSR count). The Morgan fingerprint density at radius 3 is 2.89 bits per heavy atom. The summed E-state index contributed by atoms with van der Waals surface area (Å²) in [7, 11) is 3.10. The van der Waals surface area contributed by atoms with Gasteiger partial charge in [-0.15, -0.1) is 0 Å². The van der Waals surface area contributed by atoms with Gasteiger partial charge >= 0.3 is 0 Å². The summed E-state index contributed by atoms with van der Waals surface area (Å²) < 4.78 is 15.6. The van der Waals surface area contributed by atoms with E-state index in [9.17, 15) is 10.1 Å². The molecule has 0 radical (unpaired) electrons. The number of benzene rings is 1. The van der Waals surface area contributed by atoms with Crippen LogP contribution in [0.25, 0.3) is 0 Å². The van der Waals surface area contributed by atoms with Crippen LogP contribution >= 0.6 is 0 Å². The normalized spacial score (nSPS) is 10.4. The number of hydrogen-bond donors (Lipinski definition) is 1. The Bertz CT molecular complexity index is 874. The maximum atomic E-state index is 11.9. The molecule has 140 valence electrons. The van der Waals surface area contributed by atoms with E-state index >= 15 is 0 Å². The summed E-state index contributed by atoms with van der Waals surface area (Å²) in [5, 5.41) is 13.2. The summed E-state index contributed by atoms with van der Waals surface area (Å²) >= 11 is 0. The lowest BCUT2D eigenvalue weighted by molar-refractivity contribution is -0.123. The fraction of sp³-hybridized carbons (Fsp3) is 0.263. The highest BCUT2D eigenvalue weighted by Gasteiger charge is 2.14. The number of nitriles is 1. The number of aromatic nitrogens is 1. The van der Waals surface area contributed by atoms with Crippen LogP contribution in [0.5, 0.6) is 11.6 Å². The van der Waals surface area contributed by atoms with Gasteiger partial charge in [-0.05, 0) is 30.7 Å². The second-order valence-electron chi connectivity index (χ2n) is 5.51. The predicted molar refractivity (Wildman–Crippen MR) is 98.6 cm³/mol. The monoisotopic (exact) mass is 368 g/mol. The highest BCUT2D eigenvalue weighted by atomic mass is 16.5. The van der Waals surface area contributed by atoms with Gasteiger partial charge in [0.15, 0.2) is 6.61 Å². The molecular formula is C19H20N4O4. The molecule has 2 aromatic rings. The molecular weight excluding hydrogens is 348 g/mol. The number of nitrogens with zero attached hydrogens (tertiary/aromatic N) is 3. The lowest BCUT2D eigenvalue weighted by Gasteiger charge is -2.10. The van der Waals surface area contributed by atoms with Crippen molar-refractivity contribution in [2.75, 3.05) is 20.8 Å². The zero-order valence-electron chi connectivity index (χ0n) is 15.4. The molecule has 0 spiro atoms. The van der Waals surface area contributed by atoms with Gasteiger partial charge in [0.1, 0.15) is 17.4 Å². The van der Waals surface area contributed by atoms with Gasteiger partial charge in [0.2, 0.25) is 5.88 Å². The Labute approximate surface area is 157 Å². The molecule has 1 aromatic heterocycles. The second-order valence-corrected chi connectivity index (χ2v) is 5.51. The molecule has 1 aromatic carbocycles. The molecule has 1 heterocycles. The number of carbonyl (C=O) groups excluding carboxylic acids is 1. The van der Waals surface area contributed by atoms with Gasteiger partial charge in [0.05, 0.1) is 19.9 Å². The molecule has 0 aliphatic rings. The summed E-state index contributed by atoms with van der Waals surface area (Å²) in [6.07, 6.45) is 1.49. The third-order valence-electron chi connectivity index (χ3n) is 3.44. The van der Waals surface area contributed by atoms with Gasteiger partial charge in [0, 0.05) is 18.4 Å². The Morgan fingerprint density at radius 2 is 2.19 bits per heavy atom. The summed E-state index contributed by atoms with van der Waals surface area (Å²) in [4.78, 5) is 16.1. The van der Waals surface area contributed by atoms with Crippen LogP contribution in [0, 0.1) is 18.3 Å². The van der Waals surface area contributed by atoms with Gasteiger partial charge in [-0.2, -0.15) is 10.4 Å². The first-order valence-corrected chi connectivity index (χ1v) is 8.05. The Balaban J connectivity index is 1.97. The van der Waals surface area contributed by atoms with Crippen molar-refractivity contribution in [1.82, 2.24) is 10.4 Å². The molecule has 0 bridgehead atoms. The molecule has 1 N–H and O–H groups in total. The number of hydrogen-bond acceptors (Lipinski definition) is 7. The molecule has 8 nitrogen and oxygen atoms in total. The summed E-state index contributed by atoms with van der Waals surface area (Å²) in [6.45, 7) is 1.69. The van der Waals surface area contributed by atoms with Gasteiger partial charge in [-0.1, -0.05) is 12.1 Å². The lowest BCUT2D eigenvalue weighted by atomic mass is 10.1. The number of pyridine rings is 1. The standard InChI is InChI=1S/C19H20N4O4/c1-13-7-15(11-25-2)17(9-20)19(22-13)27-12-18(24)23-21-10-14-5-4-6-16(8-14)26-3/h4-8,10H,11-12H2,1-3H3,(H,23,24)/b21-10-.